The molecule has 0 bridgehead atoms. The van der Waals surface area contributed by atoms with Crippen molar-refractivity contribution in [2.75, 3.05) is 14.2 Å². The number of rotatable bonds is 4. The van der Waals surface area contributed by atoms with E-state index in [-0.39, 0.29) is 5.57 Å². The number of hydrogen-bond donors (Lipinski definition) is 1. The standard InChI is InChI=1S/C15H13N3O3/c1-20-13-5-3-10(4-6-13)14-12(9-17-18-14)7-11(8-16)15(19)21-2/h3-7,9H,1-2H3,(H,17,18). The molecule has 21 heavy (non-hydrogen) atoms. The fourth-order valence-electron chi connectivity index (χ4n) is 1.80. The Labute approximate surface area is 121 Å². The molecule has 0 aliphatic heterocycles. The Kier molecular flexibility index (Phi) is 4.36. The van der Waals surface area contributed by atoms with Gasteiger partial charge in [0.1, 0.15) is 17.4 Å². The van der Waals surface area contributed by atoms with Crippen LogP contribution in [0.5, 0.6) is 5.75 Å². The van der Waals surface area contributed by atoms with E-state index >= 15 is 0 Å². The van der Waals surface area contributed by atoms with Crippen LogP contribution in [0.1, 0.15) is 5.56 Å². The highest BCUT2D eigenvalue weighted by molar-refractivity contribution is 5.98. The predicted molar refractivity (Wildman–Crippen MR) is 76.2 cm³/mol. The van der Waals surface area contributed by atoms with Crippen LogP contribution in [0.2, 0.25) is 0 Å². The first-order valence-electron chi connectivity index (χ1n) is 6.07. The van der Waals surface area contributed by atoms with Gasteiger partial charge in [-0.2, -0.15) is 10.4 Å². The van der Waals surface area contributed by atoms with Crippen molar-refractivity contribution < 1.29 is 14.3 Å². The van der Waals surface area contributed by atoms with Crippen molar-refractivity contribution in [2.45, 2.75) is 0 Å². The first-order valence-corrected chi connectivity index (χ1v) is 6.07. The summed E-state index contributed by atoms with van der Waals surface area (Å²) in [6, 6.07) is 9.15. The molecule has 0 saturated carbocycles. The average molecular weight is 283 g/mol. The molecular weight excluding hydrogens is 270 g/mol. The lowest BCUT2D eigenvalue weighted by Crippen LogP contribution is -2.02. The van der Waals surface area contributed by atoms with Crippen molar-refractivity contribution in [1.82, 2.24) is 10.2 Å². The minimum absolute atomic E-state index is 0.0892. The van der Waals surface area contributed by atoms with E-state index in [1.807, 2.05) is 30.3 Å². The van der Waals surface area contributed by atoms with Crippen LogP contribution in [0, 0.1) is 11.3 Å². The largest absolute Gasteiger partial charge is 0.497 e. The average Bonchev–Trinajstić information content (AvgIpc) is 3.00. The molecule has 0 unspecified atom stereocenters. The predicted octanol–water partition coefficient (Wildman–Crippen LogP) is 2.17. The highest BCUT2D eigenvalue weighted by Crippen LogP contribution is 2.25. The number of carbonyl (C=O) groups is 1. The topological polar surface area (TPSA) is 88.0 Å². The molecular formula is C15H13N3O3. The quantitative estimate of drug-likeness (QED) is 0.527. The lowest BCUT2D eigenvalue weighted by molar-refractivity contribution is -0.135. The fourth-order valence-corrected chi connectivity index (χ4v) is 1.80. The number of hydrogen-bond acceptors (Lipinski definition) is 5. The van der Waals surface area contributed by atoms with Gasteiger partial charge in [-0.1, -0.05) is 0 Å². The van der Waals surface area contributed by atoms with E-state index in [1.165, 1.54) is 13.2 Å². The summed E-state index contributed by atoms with van der Waals surface area (Å²) in [7, 11) is 2.82. The second-order valence-electron chi connectivity index (χ2n) is 4.09. The van der Waals surface area contributed by atoms with E-state index in [1.54, 1.807) is 13.3 Å². The van der Waals surface area contributed by atoms with Crippen LogP contribution in [-0.4, -0.2) is 30.4 Å². The SMILES string of the molecule is COC(=O)C(C#N)=Cc1cn[nH]c1-c1ccc(OC)cc1. The van der Waals surface area contributed by atoms with E-state index in [2.05, 4.69) is 14.9 Å². The van der Waals surface area contributed by atoms with Gasteiger partial charge in [-0.05, 0) is 30.3 Å². The van der Waals surface area contributed by atoms with Gasteiger partial charge in [-0.3, -0.25) is 5.10 Å². The van der Waals surface area contributed by atoms with Crippen molar-refractivity contribution in [3.8, 4) is 23.1 Å². The van der Waals surface area contributed by atoms with Gasteiger partial charge in [-0.25, -0.2) is 4.79 Å². The minimum atomic E-state index is -0.681. The third kappa shape index (κ3) is 3.09. The number of ether oxygens (including phenoxy) is 2. The van der Waals surface area contributed by atoms with E-state index in [9.17, 15) is 4.79 Å². The number of aromatic nitrogens is 2. The molecule has 0 spiro atoms. The van der Waals surface area contributed by atoms with Gasteiger partial charge in [0.15, 0.2) is 0 Å². The zero-order valence-corrected chi connectivity index (χ0v) is 11.6. The van der Waals surface area contributed by atoms with Crippen molar-refractivity contribution in [2.24, 2.45) is 0 Å². The van der Waals surface area contributed by atoms with Crippen molar-refractivity contribution in [3.63, 3.8) is 0 Å². The summed E-state index contributed by atoms with van der Waals surface area (Å²) in [5.74, 6) is 0.0574. The van der Waals surface area contributed by atoms with Crippen LogP contribution < -0.4 is 4.74 Å². The van der Waals surface area contributed by atoms with E-state index in [0.29, 0.717) is 11.3 Å². The Bertz CT molecular complexity index is 709. The monoisotopic (exact) mass is 283 g/mol. The first kappa shape index (κ1) is 14.3. The van der Waals surface area contributed by atoms with Crippen LogP contribution in [0.15, 0.2) is 36.0 Å². The van der Waals surface area contributed by atoms with Crippen LogP contribution >= 0.6 is 0 Å². The number of carbonyl (C=O) groups excluding carboxylic acids is 1. The molecule has 1 aromatic carbocycles. The number of aromatic amines is 1. The van der Waals surface area contributed by atoms with Crippen LogP contribution in [0.4, 0.5) is 0 Å². The molecule has 6 heteroatoms. The zero-order chi connectivity index (χ0) is 15.2. The molecule has 0 saturated heterocycles. The third-order valence-electron chi connectivity index (χ3n) is 2.87. The van der Waals surface area contributed by atoms with Crippen molar-refractivity contribution in [1.29, 1.82) is 5.26 Å². The van der Waals surface area contributed by atoms with Gasteiger partial charge in [0, 0.05) is 11.1 Å². The molecule has 106 valence electrons. The van der Waals surface area contributed by atoms with E-state index < -0.39 is 5.97 Å². The molecule has 0 aliphatic carbocycles. The van der Waals surface area contributed by atoms with Gasteiger partial charge >= 0.3 is 5.97 Å². The number of nitrogens with zero attached hydrogens (tertiary/aromatic N) is 2. The number of methoxy groups -OCH3 is 2. The maximum Gasteiger partial charge on any atom is 0.348 e. The summed E-state index contributed by atoms with van der Waals surface area (Å²) >= 11 is 0. The zero-order valence-electron chi connectivity index (χ0n) is 11.6. The number of nitrogens with one attached hydrogen (secondary N) is 1. The molecule has 1 heterocycles. The van der Waals surface area contributed by atoms with Gasteiger partial charge in [0.25, 0.3) is 0 Å². The molecule has 1 aromatic heterocycles. The first-order chi connectivity index (χ1) is 10.2. The smallest absolute Gasteiger partial charge is 0.348 e. The summed E-state index contributed by atoms with van der Waals surface area (Å²) in [6.45, 7) is 0. The van der Waals surface area contributed by atoms with Gasteiger partial charge < -0.3 is 9.47 Å². The summed E-state index contributed by atoms with van der Waals surface area (Å²) < 4.78 is 9.65. The summed E-state index contributed by atoms with van der Waals surface area (Å²) in [5, 5.41) is 15.8. The van der Waals surface area contributed by atoms with Gasteiger partial charge in [-0.15, -0.1) is 0 Å². The molecule has 0 atom stereocenters. The van der Waals surface area contributed by atoms with Crippen LogP contribution in [0.3, 0.4) is 0 Å². The lowest BCUT2D eigenvalue weighted by atomic mass is 10.1. The van der Waals surface area contributed by atoms with Crippen LogP contribution in [-0.2, 0) is 9.53 Å². The normalized spacial score (nSPS) is 10.8. The molecule has 1 N–H and O–H groups in total. The van der Waals surface area contributed by atoms with Gasteiger partial charge in [0.05, 0.1) is 26.1 Å². The van der Waals surface area contributed by atoms with E-state index in [0.717, 1.165) is 11.3 Å². The molecule has 2 aromatic rings. The van der Waals surface area contributed by atoms with Gasteiger partial charge in [0.2, 0.25) is 0 Å². The Balaban J connectivity index is 2.40. The Morgan fingerprint density at radius 1 is 1.33 bits per heavy atom. The summed E-state index contributed by atoms with van der Waals surface area (Å²) in [4.78, 5) is 11.4. The molecule has 6 nitrogen and oxygen atoms in total. The van der Waals surface area contributed by atoms with E-state index in [4.69, 9.17) is 10.00 Å². The van der Waals surface area contributed by atoms with Crippen LogP contribution in [0.25, 0.3) is 17.3 Å². The highest BCUT2D eigenvalue weighted by Gasteiger charge is 2.12. The lowest BCUT2D eigenvalue weighted by Gasteiger charge is -2.03. The number of esters is 1. The maximum absolute atomic E-state index is 11.4. The molecule has 0 aliphatic rings. The Hall–Kier alpha value is -3.07. The number of H-pyrrole nitrogens is 1. The number of nitriles is 1. The Morgan fingerprint density at radius 3 is 2.62 bits per heavy atom. The fraction of sp³-hybridized carbons (Fsp3) is 0.133. The third-order valence-corrected chi connectivity index (χ3v) is 2.87. The van der Waals surface area contributed by atoms with Crippen molar-refractivity contribution in [3.05, 3.63) is 41.6 Å². The molecule has 2 rings (SSSR count). The summed E-state index contributed by atoms with van der Waals surface area (Å²) in [5.41, 5.74) is 2.10. The maximum atomic E-state index is 11.4. The van der Waals surface area contributed by atoms with Crippen molar-refractivity contribution >= 4 is 12.0 Å². The second kappa shape index (κ2) is 6.39. The summed E-state index contributed by atoms with van der Waals surface area (Å²) in [6.07, 6.45) is 2.98. The highest BCUT2D eigenvalue weighted by atomic mass is 16.5. The minimum Gasteiger partial charge on any atom is -0.497 e. The second-order valence-corrected chi connectivity index (χ2v) is 4.09. The molecule has 0 radical (unpaired) electrons. The molecule has 0 fully saturated rings. The number of benzene rings is 1. The molecule has 0 amide bonds. The Morgan fingerprint density at radius 2 is 2.05 bits per heavy atom.